The number of nitrogens with zero attached hydrogens (tertiary/aromatic N) is 3. The van der Waals surface area contributed by atoms with Crippen molar-refractivity contribution in [2.75, 3.05) is 0 Å². The van der Waals surface area contributed by atoms with Crippen molar-refractivity contribution in [3.8, 4) is 17.3 Å². The van der Waals surface area contributed by atoms with Crippen molar-refractivity contribution in [2.24, 2.45) is 0 Å². The van der Waals surface area contributed by atoms with Crippen molar-refractivity contribution in [3.05, 3.63) is 47.4 Å². The van der Waals surface area contributed by atoms with Crippen molar-refractivity contribution in [1.29, 1.82) is 5.26 Å². The molecule has 1 aromatic heterocycles. The van der Waals surface area contributed by atoms with Crippen LogP contribution in [0.2, 0.25) is 0 Å². The Morgan fingerprint density at radius 2 is 2.06 bits per heavy atom. The van der Waals surface area contributed by atoms with Crippen LogP contribution in [0.4, 0.5) is 0 Å². The SMILES string of the molecule is Cc1ccc(C)c(-c2ccnc(CC#N)n2)c1. The normalized spacial score (nSPS) is 9.94. The Morgan fingerprint density at radius 1 is 1.24 bits per heavy atom. The molecule has 84 valence electrons. The molecule has 0 bridgehead atoms. The summed E-state index contributed by atoms with van der Waals surface area (Å²) in [5.74, 6) is 0.575. The van der Waals surface area contributed by atoms with Gasteiger partial charge in [-0.15, -0.1) is 0 Å². The minimum atomic E-state index is 0.249. The molecule has 1 heterocycles. The van der Waals surface area contributed by atoms with Gasteiger partial charge < -0.3 is 0 Å². The van der Waals surface area contributed by atoms with Crippen LogP contribution in [0, 0.1) is 25.2 Å². The molecule has 0 aliphatic heterocycles. The zero-order valence-electron chi connectivity index (χ0n) is 9.94. The van der Waals surface area contributed by atoms with E-state index >= 15 is 0 Å². The highest BCUT2D eigenvalue weighted by Crippen LogP contribution is 2.22. The molecule has 0 unspecified atom stereocenters. The molecule has 2 aromatic rings. The molecule has 0 N–H and O–H groups in total. The van der Waals surface area contributed by atoms with Gasteiger partial charge >= 0.3 is 0 Å². The summed E-state index contributed by atoms with van der Waals surface area (Å²) in [5, 5.41) is 8.65. The standard InChI is InChI=1S/C14H13N3/c1-10-3-4-11(2)12(9-10)13-6-8-16-14(17-13)5-7-15/h3-4,6,8-9H,5H2,1-2H3. The van der Waals surface area contributed by atoms with Gasteiger partial charge in [-0.1, -0.05) is 17.7 Å². The molecule has 0 aliphatic rings. The topological polar surface area (TPSA) is 49.6 Å². The fourth-order valence-electron chi connectivity index (χ4n) is 1.72. The van der Waals surface area contributed by atoms with Gasteiger partial charge in [0.15, 0.2) is 0 Å². The van der Waals surface area contributed by atoms with Crippen LogP contribution >= 0.6 is 0 Å². The minimum absolute atomic E-state index is 0.249. The fourth-order valence-corrected chi connectivity index (χ4v) is 1.72. The highest BCUT2D eigenvalue weighted by Gasteiger charge is 2.05. The molecular weight excluding hydrogens is 210 g/mol. The summed E-state index contributed by atoms with van der Waals surface area (Å²) in [6.45, 7) is 4.11. The highest BCUT2D eigenvalue weighted by molar-refractivity contribution is 5.64. The number of hydrogen-bond donors (Lipinski definition) is 0. The minimum Gasteiger partial charge on any atom is -0.240 e. The molecule has 17 heavy (non-hydrogen) atoms. The van der Waals surface area contributed by atoms with Crippen LogP contribution in [0.1, 0.15) is 17.0 Å². The van der Waals surface area contributed by atoms with E-state index in [1.807, 2.05) is 6.07 Å². The number of nitriles is 1. The smallest absolute Gasteiger partial charge is 0.142 e. The number of hydrogen-bond acceptors (Lipinski definition) is 3. The summed E-state index contributed by atoms with van der Waals surface area (Å²) in [5.41, 5.74) is 4.36. The molecule has 2 rings (SSSR count). The summed E-state index contributed by atoms with van der Waals surface area (Å²) in [7, 11) is 0. The third-order valence-corrected chi connectivity index (χ3v) is 2.61. The summed E-state index contributed by atoms with van der Waals surface area (Å²) in [6, 6.07) is 10.2. The lowest BCUT2D eigenvalue weighted by Crippen LogP contribution is -1.96. The zero-order chi connectivity index (χ0) is 12.3. The molecule has 0 saturated heterocycles. The van der Waals surface area contributed by atoms with Crippen LogP contribution in [0.25, 0.3) is 11.3 Å². The highest BCUT2D eigenvalue weighted by atomic mass is 14.9. The first-order valence-electron chi connectivity index (χ1n) is 5.47. The maximum atomic E-state index is 8.65. The van der Waals surface area contributed by atoms with E-state index < -0.39 is 0 Å². The third kappa shape index (κ3) is 2.48. The van der Waals surface area contributed by atoms with Crippen LogP contribution in [0.15, 0.2) is 30.5 Å². The van der Waals surface area contributed by atoms with Crippen LogP contribution in [-0.2, 0) is 6.42 Å². The van der Waals surface area contributed by atoms with E-state index in [2.05, 4.69) is 48.1 Å². The van der Waals surface area contributed by atoms with E-state index in [1.54, 1.807) is 6.20 Å². The van der Waals surface area contributed by atoms with Crippen molar-refractivity contribution in [3.63, 3.8) is 0 Å². The molecule has 0 saturated carbocycles. The Bertz CT molecular complexity index is 582. The zero-order valence-corrected chi connectivity index (χ0v) is 9.94. The van der Waals surface area contributed by atoms with Crippen molar-refractivity contribution < 1.29 is 0 Å². The second-order valence-corrected chi connectivity index (χ2v) is 4.01. The number of aromatic nitrogens is 2. The second-order valence-electron chi connectivity index (χ2n) is 4.01. The van der Waals surface area contributed by atoms with Gasteiger partial charge in [0.1, 0.15) is 5.82 Å². The van der Waals surface area contributed by atoms with Gasteiger partial charge in [-0.05, 0) is 31.5 Å². The quantitative estimate of drug-likeness (QED) is 0.786. The summed E-state index contributed by atoms with van der Waals surface area (Å²) >= 11 is 0. The van der Waals surface area contributed by atoms with Crippen LogP contribution in [-0.4, -0.2) is 9.97 Å². The van der Waals surface area contributed by atoms with E-state index in [0.717, 1.165) is 11.3 Å². The largest absolute Gasteiger partial charge is 0.240 e. The third-order valence-electron chi connectivity index (χ3n) is 2.61. The molecule has 0 radical (unpaired) electrons. The molecule has 0 atom stereocenters. The Morgan fingerprint density at radius 3 is 2.82 bits per heavy atom. The fraction of sp³-hybridized carbons (Fsp3) is 0.214. The van der Waals surface area contributed by atoms with Gasteiger partial charge in [-0.2, -0.15) is 5.26 Å². The van der Waals surface area contributed by atoms with E-state index in [-0.39, 0.29) is 6.42 Å². The maximum absolute atomic E-state index is 8.65. The first-order valence-corrected chi connectivity index (χ1v) is 5.47. The van der Waals surface area contributed by atoms with E-state index in [0.29, 0.717) is 5.82 Å². The summed E-state index contributed by atoms with van der Waals surface area (Å²) in [6.07, 6.45) is 1.95. The lowest BCUT2D eigenvalue weighted by Gasteiger charge is -2.07. The average molecular weight is 223 g/mol. The van der Waals surface area contributed by atoms with Crippen LogP contribution in [0.5, 0.6) is 0 Å². The van der Waals surface area contributed by atoms with E-state index in [4.69, 9.17) is 5.26 Å². The summed E-state index contributed by atoms with van der Waals surface area (Å²) in [4.78, 5) is 8.47. The molecule has 3 heteroatoms. The Labute approximate surface area is 101 Å². The predicted molar refractivity (Wildman–Crippen MR) is 66.3 cm³/mol. The van der Waals surface area contributed by atoms with Gasteiger partial charge in [-0.3, -0.25) is 0 Å². The molecule has 0 spiro atoms. The number of aryl methyl sites for hydroxylation is 2. The molecular formula is C14H13N3. The second kappa shape index (κ2) is 4.75. The Hall–Kier alpha value is -2.21. The molecule has 0 aliphatic carbocycles. The molecule has 3 nitrogen and oxygen atoms in total. The lowest BCUT2D eigenvalue weighted by atomic mass is 10.0. The Kier molecular flexibility index (Phi) is 3.15. The molecule has 1 aromatic carbocycles. The monoisotopic (exact) mass is 223 g/mol. The molecule has 0 amide bonds. The van der Waals surface area contributed by atoms with Crippen molar-refractivity contribution in [1.82, 2.24) is 9.97 Å². The van der Waals surface area contributed by atoms with Crippen LogP contribution < -0.4 is 0 Å². The lowest BCUT2D eigenvalue weighted by molar-refractivity contribution is 0.998. The first kappa shape index (κ1) is 11.3. The summed E-state index contributed by atoms with van der Waals surface area (Å²) < 4.78 is 0. The van der Waals surface area contributed by atoms with Gasteiger partial charge in [0.25, 0.3) is 0 Å². The van der Waals surface area contributed by atoms with Crippen molar-refractivity contribution >= 4 is 0 Å². The van der Waals surface area contributed by atoms with Gasteiger partial charge in [0, 0.05) is 11.8 Å². The molecule has 0 fully saturated rings. The van der Waals surface area contributed by atoms with Crippen LogP contribution in [0.3, 0.4) is 0 Å². The maximum Gasteiger partial charge on any atom is 0.142 e. The van der Waals surface area contributed by atoms with Gasteiger partial charge in [0.05, 0.1) is 18.2 Å². The number of rotatable bonds is 2. The Balaban J connectivity index is 2.49. The van der Waals surface area contributed by atoms with E-state index in [1.165, 1.54) is 11.1 Å². The number of benzene rings is 1. The van der Waals surface area contributed by atoms with Crippen molar-refractivity contribution in [2.45, 2.75) is 20.3 Å². The predicted octanol–water partition coefficient (Wildman–Crippen LogP) is 2.83. The van der Waals surface area contributed by atoms with E-state index in [9.17, 15) is 0 Å². The van der Waals surface area contributed by atoms with Gasteiger partial charge in [0.2, 0.25) is 0 Å². The first-order chi connectivity index (χ1) is 8.20. The van der Waals surface area contributed by atoms with Gasteiger partial charge in [-0.25, -0.2) is 9.97 Å². The average Bonchev–Trinajstić information content (AvgIpc) is 2.33.